The normalized spacial score (nSPS) is 22.7. The second kappa shape index (κ2) is 5.40. The van der Waals surface area contributed by atoms with Gasteiger partial charge in [-0.1, -0.05) is 13.8 Å². The lowest BCUT2D eigenvalue weighted by molar-refractivity contribution is 0.501. The Labute approximate surface area is 109 Å². The Balaban J connectivity index is 2.00. The maximum absolute atomic E-state index is 11.5. The molecule has 2 rings (SSSR count). The van der Waals surface area contributed by atoms with Gasteiger partial charge in [-0.15, -0.1) is 0 Å². The fourth-order valence-electron chi connectivity index (χ4n) is 2.28. The minimum atomic E-state index is -2.84. The van der Waals surface area contributed by atoms with E-state index in [4.69, 9.17) is 0 Å². The van der Waals surface area contributed by atoms with Crippen LogP contribution in [0.5, 0.6) is 0 Å². The van der Waals surface area contributed by atoms with E-state index in [2.05, 4.69) is 24.1 Å². The number of nitrogens with zero attached hydrogens (tertiary/aromatic N) is 2. The molecule has 0 aliphatic carbocycles. The number of rotatable bonds is 5. The van der Waals surface area contributed by atoms with Crippen LogP contribution >= 0.6 is 0 Å². The Morgan fingerprint density at radius 2 is 2.33 bits per heavy atom. The van der Waals surface area contributed by atoms with Crippen LogP contribution in [-0.2, 0) is 16.4 Å². The van der Waals surface area contributed by atoms with Crippen LogP contribution in [0.25, 0.3) is 0 Å². The van der Waals surface area contributed by atoms with Crippen molar-refractivity contribution in [1.82, 2.24) is 14.9 Å². The van der Waals surface area contributed by atoms with Gasteiger partial charge in [0, 0.05) is 18.8 Å². The second-order valence-electron chi connectivity index (χ2n) is 5.37. The van der Waals surface area contributed by atoms with Crippen LogP contribution in [0.3, 0.4) is 0 Å². The van der Waals surface area contributed by atoms with Crippen LogP contribution < -0.4 is 5.32 Å². The van der Waals surface area contributed by atoms with Crippen molar-refractivity contribution in [2.75, 3.05) is 18.1 Å². The fourth-order valence-corrected chi connectivity index (χ4v) is 3.99. The van der Waals surface area contributed by atoms with Crippen LogP contribution in [0, 0.1) is 5.92 Å². The zero-order valence-corrected chi connectivity index (χ0v) is 11.8. The molecule has 0 aromatic carbocycles. The summed E-state index contributed by atoms with van der Waals surface area (Å²) in [4.78, 5) is 4.14. The number of aromatic nitrogens is 2. The highest BCUT2D eigenvalue weighted by molar-refractivity contribution is 7.91. The first-order valence-corrected chi connectivity index (χ1v) is 8.22. The Kier molecular flexibility index (Phi) is 4.07. The van der Waals surface area contributed by atoms with E-state index in [0.717, 1.165) is 18.8 Å². The van der Waals surface area contributed by atoms with Crippen molar-refractivity contribution in [3.05, 3.63) is 18.2 Å². The minimum Gasteiger partial charge on any atom is -0.329 e. The van der Waals surface area contributed by atoms with Crippen LogP contribution in [0.15, 0.2) is 12.5 Å². The van der Waals surface area contributed by atoms with Gasteiger partial charge in [0.2, 0.25) is 0 Å². The molecule has 1 saturated heterocycles. The largest absolute Gasteiger partial charge is 0.329 e. The monoisotopic (exact) mass is 271 g/mol. The summed E-state index contributed by atoms with van der Waals surface area (Å²) in [5.74, 6) is 1.16. The summed E-state index contributed by atoms with van der Waals surface area (Å²) in [5.41, 5.74) is 1.07. The Hall–Kier alpha value is -0.880. The van der Waals surface area contributed by atoms with Crippen molar-refractivity contribution in [3.8, 4) is 0 Å². The third kappa shape index (κ3) is 3.32. The molecule has 1 aliphatic rings. The number of hydrogen-bond donors (Lipinski definition) is 1. The number of nitrogens with one attached hydrogen (secondary N) is 1. The van der Waals surface area contributed by atoms with Gasteiger partial charge in [-0.3, -0.25) is 0 Å². The van der Waals surface area contributed by atoms with Gasteiger partial charge in [-0.05, 0) is 18.9 Å². The second-order valence-corrected chi connectivity index (χ2v) is 7.60. The zero-order valence-electron chi connectivity index (χ0n) is 11.0. The third-order valence-corrected chi connectivity index (χ3v) is 4.96. The minimum absolute atomic E-state index is 0.0633. The molecule has 1 N–H and O–H groups in total. The summed E-state index contributed by atoms with van der Waals surface area (Å²) in [7, 11) is -2.84. The van der Waals surface area contributed by atoms with Crippen LogP contribution in [0.1, 0.15) is 32.0 Å². The summed E-state index contributed by atoms with van der Waals surface area (Å²) in [6, 6.07) is 0.0633. The highest BCUT2D eigenvalue weighted by atomic mass is 32.2. The highest BCUT2D eigenvalue weighted by Gasteiger charge is 2.29. The van der Waals surface area contributed by atoms with Crippen molar-refractivity contribution in [2.45, 2.75) is 32.9 Å². The molecule has 5 nitrogen and oxygen atoms in total. The lowest BCUT2D eigenvalue weighted by Gasteiger charge is -2.15. The molecule has 2 heterocycles. The Bertz CT molecular complexity index is 493. The smallest absolute Gasteiger partial charge is 0.152 e. The van der Waals surface area contributed by atoms with Gasteiger partial charge in [-0.25, -0.2) is 13.4 Å². The van der Waals surface area contributed by atoms with E-state index in [1.165, 1.54) is 0 Å². The summed E-state index contributed by atoms with van der Waals surface area (Å²) in [6.45, 7) is 6.02. The summed E-state index contributed by atoms with van der Waals surface area (Å²) < 4.78 is 25.0. The molecule has 6 heteroatoms. The van der Waals surface area contributed by atoms with E-state index in [0.29, 0.717) is 18.1 Å². The van der Waals surface area contributed by atoms with Crippen LogP contribution in [0.4, 0.5) is 0 Å². The molecular weight excluding hydrogens is 250 g/mol. The van der Waals surface area contributed by atoms with E-state index in [1.807, 2.05) is 10.8 Å². The topological polar surface area (TPSA) is 64.0 Å². The first-order chi connectivity index (χ1) is 8.48. The average Bonchev–Trinajstić information content (AvgIpc) is 2.84. The highest BCUT2D eigenvalue weighted by Crippen LogP contribution is 2.24. The van der Waals surface area contributed by atoms with Gasteiger partial charge >= 0.3 is 0 Å². The van der Waals surface area contributed by atoms with E-state index < -0.39 is 9.84 Å². The lowest BCUT2D eigenvalue weighted by Crippen LogP contribution is -2.22. The van der Waals surface area contributed by atoms with E-state index in [1.54, 1.807) is 6.33 Å². The molecule has 102 valence electrons. The quantitative estimate of drug-likeness (QED) is 0.867. The maximum Gasteiger partial charge on any atom is 0.152 e. The molecule has 0 amide bonds. The van der Waals surface area contributed by atoms with Gasteiger partial charge in [0.15, 0.2) is 9.84 Å². The number of hydrogen-bond acceptors (Lipinski definition) is 4. The average molecular weight is 271 g/mol. The lowest BCUT2D eigenvalue weighted by atomic mass is 10.2. The number of imidazole rings is 1. The first kappa shape index (κ1) is 13.5. The predicted octanol–water partition coefficient (Wildman–Crippen LogP) is 0.988. The van der Waals surface area contributed by atoms with Gasteiger partial charge in [0.1, 0.15) is 0 Å². The van der Waals surface area contributed by atoms with Crippen LogP contribution in [-0.4, -0.2) is 36.0 Å². The summed E-state index contributed by atoms with van der Waals surface area (Å²) >= 11 is 0. The predicted molar refractivity (Wildman–Crippen MR) is 71.1 cm³/mol. The molecule has 1 aliphatic heterocycles. The molecule has 0 saturated carbocycles. The Morgan fingerprint density at radius 1 is 1.56 bits per heavy atom. The zero-order chi connectivity index (χ0) is 13.2. The SMILES string of the molecule is CC(C)CNCc1cncn1C1CCS(=O)(=O)C1. The third-order valence-electron chi connectivity index (χ3n) is 3.21. The summed E-state index contributed by atoms with van der Waals surface area (Å²) in [6.07, 6.45) is 4.27. The van der Waals surface area contributed by atoms with Gasteiger partial charge in [0.05, 0.1) is 23.5 Å². The van der Waals surface area contributed by atoms with Crippen LogP contribution in [0.2, 0.25) is 0 Å². The standard InChI is InChI=1S/C12H21N3O2S/c1-10(2)5-13-6-12-7-14-9-15(12)11-3-4-18(16,17)8-11/h7,9-11,13H,3-6,8H2,1-2H3. The molecule has 1 aromatic heterocycles. The van der Waals surface area contributed by atoms with Crippen molar-refractivity contribution in [3.63, 3.8) is 0 Å². The molecule has 1 atom stereocenters. The summed E-state index contributed by atoms with van der Waals surface area (Å²) in [5, 5.41) is 3.36. The maximum atomic E-state index is 11.5. The molecule has 0 bridgehead atoms. The first-order valence-electron chi connectivity index (χ1n) is 6.40. The van der Waals surface area contributed by atoms with Crippen molar-refractivity contribution < 1.29 is 8.42 Å². The molecule has 0 radical (unpaired) electrons. The molecule has 1 unspecified atom stereocenters. The molecule has 0 spiro atoms. The van der Waals surface area contributed by atoms with E-state index in [-0.39, 0.29) is 11.8 Å². The van der Waals surface area contributed by atoms with Crippen molar-refractivity contribution >= 4 is 9.84 Å². The Morgan fingerprint density at radius 3 is 2.94 bits per heavy atom. The van der Waals surface area contributed by atoms with Crippen molar-refractivity contribution in [2.24, 2.45) is 5.92 Å². The van der Waals surface area contributed by atoms with Gasteiger partial charge in [-0.2, -0.15) is 0 Å². The molecule has 1 fully saturated rings. The number of sulfone groups is 1. The van der Waals surface area contributed by atoms with Gasteiger partial charge < -0.3 is 9.88 Å². The molecule has 18 heavy (non-hydrogen) atoms. The van der Waals surface area contributed by atoms with Gasteiger partial charge in [0.25, 0.3) is 0 Å². The molecule has 1 aromatic rings. The van der Waals surface area contributed by atoms with E-state index in [9.17, 15) is 8.42 Å². The molecular formula is C12H21N3O2S. The fraction of sp³-hybridized carbons (Fsp3) is 0.750. The van der Waals surface area contributed by atoms with Crippen molar-refractivity contribution in [1.29, 1.82) is 0 Å². The van der Waals surface area contributed by atoms with E-state index >= 15 is 0 Å².